The largest absolute Gasteiger partial charge is 0.369 e. The number of halogens is 1. The van der Waals surface area contributed by atoms with Crippen molar-refractivity contribution in [3.05, 3.63) is 24.2 Å². The van der Waals surface area contributed by atoms with E-state index in [4.69, 9.17) is 0 Å². The van der Waals surface area contributed by atoms with Crippen LogP contribution in [0.15, 0.2) is 29.2 Å². The van der Waals surface area contributed by atoms with Crippen molar-refractivity contribution in [2.45, 2.75) is 6.17 Å². The van der Waals surface area contributed by atoms with Crippen molar-refractivity contribution < 1.29 is 4.39 Å². The maximum absolute atomic E-state index is 12.5. The average Bonchev–Trinajstić information content (AvgIpc) is 2.33. The number of fused-ring (bicyclic) bond motifs is 1. The number of allylic oxidation sites excluding steroid dienone is 1. The Kier molecular flexibility index (Phi) is 1.09. The summed E-state index contributed by atoms with van der Waals surface area (Å²) in [6.07, 6.45) is 6.57. The van der Waals surface area contributed by atoms with Gasteiger partial charge in [-0.15, -0.1) is 0 Å². The van der Waals surface area contributed by atoms with Crippen LogP contribution in [0.2, 0.25) is 0 Å². The van der Waals surface area contributed by atoms with Crippen molar-refractivity contribution in [3.8, 4) is 0 Å². The fraction of sp³-hybridized carbons (Fsp3) is 0.286. The summed E-state index contributed by atoms with van der Waals surface area (Å²) in [5.41, 5.74) is 0. The Labute approximate surface area is 58.1 Å². The number of hydrogen-bond donors (Lipinski definition) is 1. The summed E-state index contributed by atoms with van der Waals surface area (Å²) in [6, 6.07) is 0. The van der Waals surface area contributed by atoms with Gasteiger partial charge in [0.25, 0.3) is 0 Å². The Morgan fingerprint density at radius 3 is 3.40 bits per heavy atom. The van der Waals surface area contributed by atoms with E-state index >= 15 is 0 Å². The standard InChI is InChI=1S/C7H7FN2/c8-6-3-5-1-2-9-7(5)10-4-6/h1-5,7,9H. The van der Waals surface area contributed by atoms with Crippen LogP contribution in [-0.4, -0.2) is 12.4 Å². The first kappa shape index (κ1) is 5.65. The van der Waals surface area contributed by atoms with Gasteiger partial charge in [-0.05, 0) is 12.3 Å². The van der Waals surface area contributed by atoms with Crippen molar-refractivity contribution in [2.24, 2.45) is 10.9 Å². The molecule has 2 nitrogen and oxygen atoms in total. The highest BCUT2D eigenvalue weighted by Gasteiger charge is 2.22. The molecular weight excluding hydrogens is 131 g/mol. The highest BCUT2D eigenvalue weighted by Crippen LogP contribution is 2.20. The van der Waals surface area contributed by atoms with Gasteiger partial charge in [-0.3, -0.25) is 4.99 Å². The van der Waals surface area contributed by atoms with Crippen LogP contribution in [0.25, 0.3) is 0 Å². The van der Waals surface area contributed by atoms with Crippen molar-refractivity contribution in [3.63, 3.8) is 0 Å². The van der Waals surface area contributed by atoms with Crippen LogP contribution in [0.1, 0.15) is 0 Å². The van der Waals surface area contributed by atoms with E-state index < -0.39 is 0 Å². The molecule has 0 bridgehead atoms. The molecule has 0 radical (unpaired) electrons. The molecule has 0 saturated heterocycles. The molecular formula is C7H7FN2. The molecule has 0 saturated carbocycles. The number of dihydropyridines is 1. The summed E-state index contributed by atoms with van der Waals surface area (Å²) in [6.45, 7) is 0. The van der Waals surface area contributed by atoms with Gasteiger partial charge in [0.2, 0.25) is 0 Å². The van der Waals surface area contributed by atoms with E-state index in [0.717, 1.165) is 0 Å². The van der Waals surface area contributed by atoms with Crippen LogP contribution in [0.5, 0.6) is 0 Å². The zero-order chi connectivity index (χ0) is 6.97. The van der Waals surface area contributed by atoms with Gasteiger partial charge < -0.3 is 5.32 Å². The van der Waals surface area contributed by atoms with E-state index in [2.05, 4.69) is 10.3 Å². The molecule has 0 aromatic heterocycles. The van der Waals surface area contributed by atoms with Crippen LogP contribution in [0.3, 0.4) is 0 Å². The summed E-state index contributed by atoms with van der Waals surface area (Å²) >= 11 is 0. The maximum atomic E-state index is 12.5. The Hall–Kier alpha value is -1.12. The van der Waals surface area contributed by atoms with E-state index in [1.165, 1.54) is 6.21 Å². The van der Waals surface area contributed by atoms with Gasteiger partial charge >= 0.3 is 0 Å². The Bertz CT molecular complexity index is 230. The second kappa shape index (κ2) is 1.94. The molecule has 1 N–H and O–H groups in total. The van der Waals surface area contributed by atoms with Gasteiger partial charge in [-0.1, -0.05) is 6.08 Å². The van der Waals surface area contributed by atoms with Crippen molar-refractivity contribution >= 4 is 6.21 Å². The first-order valence-corrected chi connectivity index (χ1v) is 3.19. The maximum Gasteiger partial charge on any atom is 0.137 e. The molecule has 3 heteroatoms. The SMILES string of the molecule is FC1=CC2C=CNC2N=C1. The summed E-state index contributed by atoms with van der Waals surface area (Å²) in [7, 11) is 0. The van der Waals surface area contributed by atoms with Crippen LogP contribution < -0.4 is 5.32 Å². The topological polar surface area (TPSA) is 24.4 Å². The summed E-state index contributed by atoms with van der Waals surface area (Å²) in [5.74, 6) is -0.125. The number of nitrogens with zero attached hydrogens (tertiary/aromatic N) is 1. The Morgan fingerprint density at radius 1 is 1.60 bits per heavy atom. The quantitative estimate of drug-likeness (QED) is 0.530. The summed E-state index contributed by atoms with van der Waals surface area (Å²) < 4.78 is 12.5. The molecule has 0 aromatic rings. The lowest BCUT2D eigenvalue weighted by atomic mass is 10.1. The number of nitrogens with one attached hydrogen (secondary N) is 1. The molecule has 52 valence electrons. The van der Waals surface area contributed by atoms with Gasteiger partial charge in [-0.25, -0.2) is 4.39 Å². The highest BCUT2D eigenvalue weighted by atomic mass is 19.1. The van der Waals surface area contributed by atoms with E-state index in [1.807, 2.05) is 12.3 Å². The van der Waals surface area contributed by atoms with Gasteiger partial charge in [0.1, 0.15) is 12.0 Å². The predicted molar refractivity (Wildman–Crippen MR) is 37.2 cm³/mol. The zero-order valence-electron chi connectivity index (χ0n) is 5.29. The highest BCUT2D eigenvalue weighted by molar-refractivity contribution is 5.77. The van der Waals surface area contributed by atoms with Crippen LogP contribution in [0, 0.1) is 5.92 Å². The van der Waals surface area contributed by atoms with Gasteiger partial charge in [0.05, 0.1) is 6.21 Å². The molecule has 0 aromatic carbocycles. The normalized spacial score (nSPS) is 35.1. The van der Waals surface area contributed by atoms with E-state index in [9.17, 15) is 4.39 Å². The first-order valence-electron chi connectivity index (χ1n) is 3.19. The fourth-order valence-corrected chi connectivity index (χ4v) is 1.15. The average molecular weight is 138 g/mol. The monoisotopic (exact) mass is 138 g/mol. The summed E-state index contributed by atoms with van der Waals surface area (Å²) in [4.78, 5) is 3.93. The Morgan fingerprint density at radius 2 is 2.50 bits per heavy atom. The number of rotatable bonds is 0. The van der Waals surface area contributed by atoms with Crippen LogP contribution >= 0.6 is 0 Å². The third-order valence-corrected chi connectivity index (χ3v) is 1.66. The molecule has 0 aliphatic carbocycles. The molecule has 2 atom stereocenters. The smallest absolute Gasteiger partial charge is 0.137 e. The third kappa shape index (κ3) is 0.744. The molecule has 2 heterocycles. The lowest BCUT2D eigenvalue weighted by Crippen LogP contribution is -2.25. The van der Waals surface area contributed by atoms with Crippen molar-refractivity contribution in [1.82, 2.24) is 5.32 Å². The molecule has 2 unspecified atom stereocenters. The van der Waals surface area contributed by atoms with Gasteiger partial charge in [0, 0.05) is 5.92 Å². The number of aliphatic imine (C=N–C) groups is 1. The van der Waals surface area contributed by atoms with E-state index in [0.29, 0.717) is 0 Å². The lowest BCUT2D eigenvalue weighted by Gasteiger charge is -2.14. The van der Waals surface area contributed by atoms with E-state index in [1.54, 1.807) is 6.08 Å². The minimum Gasteiger partial charge on any atom is -0.369 e. The molecule has 2 aliphatic heterocycles. The Balaban J connectivity index is 2.26. The van der Waals surface area contributed by atoms with Gasteiger partial charge in [-0.2, -0.15) is 0 Å². The molecule has 2 rings (SSSR count). The lowest BCUT2D eigenvalue weighted by molar-refractivity contribution is 0.545. The second-order valence-corrected chi connectivity index (χ2v) is 2.38. The van der Waals surface area contributed by atoms with Gasteiger partial charge in [0.15, 0.2) is 0 Å². The third-order valence-electron chi connectivity index (χ3n) is 1.66. The van der Waals surface area contributed by atoms with Crippen molar-refractivity contribution in [1.29, 1.82) is 0 Å². The molecule has 0 spiro atoms. The molecule has 0 fully saturated rings. The molecule has 10 heavy (non-hydrogen) atoms. The second-order valence-electron chi connectivity index (χ2n) is 2.38. The predicted octanol–water partition coefficient (Wildman–Crippen LogP) is 0.983. The van der Waals surface area contributed by atoms with Crippen molar-refractivity contribution in [2.75, 3.05) is 0 Å². The minimum absolute atomic E-state index is 0.0412. The number of hydrogen-bond acceptors (Lipinski definition) is 2. The fourth-order valence-electron chi connectivity index (χ4n) is 1.15. The summed E-state index contributed by atoms with van der Waals surface area (Å²) in [5, 5.41) is 2.99. The zero-order valence-corrected chi connectivity index (χ0v) is 5.29. The molecule has 0 amide bonds. The van der Waals surface area contributed by atoms with Crippen LogP contribution in [-0.2, 0) is 0 Å². The molecule has 2 aliphatic rings. The van der Waals surface area contributed by atoms with E-state index in [-0.39, 0.29) is 17.9 Å². The van der Waals surface area contributed by atoms with Crippen LogP contribution in [0.4, 0.5) is 4.39 Å². The minimum atomic E-state index is -0.241. The first-order chi connectivity index (χ1) is 4.86.